The average molecular weight is 764 g/mol. The van der Waals surface area contributed by atoms with Crippen molar-refractivity contribution in [2.24, 2.45) is 0 Å². The van der Waals surface area contributed by atoms with Crippen LogP contribution in [0.15, 0.2) is 180 Å². The molecule has 0 spiro atoms. The van der Waals surface area contributed by atoms with Crippen molar-refractivity contribution < 1.29 is 4.42 Å². The van der Waals surface area contributed by atoms with Crippen molar-refractivity contribution in [1.82, 2.24) is 15.0 Å². The van der Waals surface area contributed by atoms with Crippen LogP contribution in [0.2, 0.25) is 0 Å². The van der Waals surface area contributed by atoms with Crippen LogP contribution < -0.4 is 0 Å². The van der Waals surface area contributed by atoms with Gasteiger partial charge in [-0.15, -0.1) is 22.7 Å². The summed E-state index contributed by atoms with van der Waals surface area (Å²) in [7, 11) is 0. The van der Waals surface area contributed by atoms with Crippen molar-refractivity contribution in [3.63, 3.8) is 0 Å². The molecule has 0 fully saturated rings. The molecule has 57 heavy (non-hydrogen) atoms. The lowest BCUT2D eigenvalue weighted by Gasteiger charge is -2.11. The highest BCUT2D eigenvalue weighted by molar-refractivity contribution is 7.26. The number of benzene rings is 8. The molecule has 266 valence electrons. The van der Waals surface area contributed by atoms with Crippen LogP contribution in [0.25, 0.3) is 119 Å². The smallest absolute Gasteiger partial charge is 0.165 e. The minimum Gasteiger partial charge on any atom is -0.455 e. The van der Waals surface area contributed by atoms with Crippen molar-refractivity contribution >= 4 is 85.0 Å². The first kappa shape index (κ1) is 32.3. The van der Waals surface area contributed by atoms with E-state index >= 15 is 0 Å². The lowest BCUT2D eigenvalue weighted by molar-refractivity contribution is 0.670. The van der Waals surface area contributed by atoms with Crippen molar-refractivity contribution in [3.8, 4) is 56.4 Å². The van der Waals surface area contributed by atoms with Gasteiger partial charge in [0, 0.05) is 73.4 Å². The third kappa shape index (κ3) is 5.15. The number of para-hydroxylation sites is 1. The topological polar surface area (TPSA) is 51.8 Å². The fourth-order valence-electron chi connectivity index (χ4n) is 8.37. The lowest BCUT2D eigenvalue weighted by Crippen LogP contribution is -2.00. The van der Waals surface area contributed by atoms with E-state index in [0.29, 0.717) is 17.5 Å². The number of furan rings is 1. The van der Waals surface area contributed by atoms with Gasteiger partial charge in [0.25, 0.3) is 0 Å². The van der Waals surface area contributed by atoms with Crippen molar-refractivity contribution in [1.29, 1.82) is 0 Å². The summed E-state index contributed by atoms with van der Waals surface area (Å²) >= 11 is 3.59. The Balaban J connectivity index is 1.10. The quantitative estimate of drug-likeness (QED) is 0.175. The van der Waals surface area contributed by atoms with Gasteiger partial charge in [0.1, 0.15) is 11.2 Å². The van der Waals surface area contributed by atoms with Crippen LogP contribution in [0, 0.1) is 0 Å². The monoisotopic (exact) mass is 763 g/mol. The fraction of sp³-hybridized carbons (Fsp3) is 0. The van der Waals surface area contributed by atoms with Gasteiger partial charge in [0.2, 0.25) is 0 Å². The molecule has 0 saturated heterocycles. The number of thiophene rings is 2. The SMILES string of the molecule is c1ccc(-c2nc(-c3cccc4c3sc3cccc(-c5cc(-c6ccccc6)c6oc7ccccc7c6c5)c34)nc(-c3cccc4sc5ccccc5c34)n2)cc1. The molecule has 0 atom stereocenters. The first-order chi connectivity index (χ1) is 28.2. The second kappa shape index (κ2) is 12.8. The number of hydrogen-bond donors (Lipinski definition) is 0. The van der Waals surface area contributed by atoms with Crippen molar-refractivity contribution in [2.75, 3.05) is 0 Å². The van der Waals surface area contributed by atoms with Gasteiger partial charge in [-0.25, -0.2) is 15.0 Å². The van der Waals surface area contributed by atoms with Crippen LogP contribution in [0.4, 0.5) is 0 Å². The van der Waals surface area contributed by atoms with Crippen LogP contribution in [0.3, 0.4) is 0 Å². The van der Waals surface area contributed by atoms with Crippen molar-refractivity contribution in [2.45, 2.75) is 0 Å². The van der Waals surface area contributed by atoms with Crippen LogP contribution >= 0.6 is 22.7 Å². The zero-order valence-electron chi connectivity index (χ0n) is 30.3. The van der Waals surface area contributed by atoms with Gasteiger partial charge < -0.3 is 4.42 Å². The Hall–Kier alpha value is -6.99. The molecule has 0 amide bonds. The van der Waals surface area contributed by atoms with Gasteiger partial charge in [0.05, 0.1) is 0 Å². The molecule has 0 saturated carbocycles. The number of fused-ring (bicyclic) bond motifs is 9. The normalized spacial score (nSPS) is 11.9. The molecule has 0 N–H and O–H groups in total. The van der Waals surface area contributed by atoms with Crippen LogP contribution in [0.5, 0.6) is 0 Å². The minimum absolute atomic E-state index is 0.653. The van der Waals surface area contributed by atoms with Gasteiger partial charge in [-0.2, -0.15) is 0 Å². The van der Waals surface area contributed by atoms with Crippen LogP contribution in [-0.4, -0.2) is 15.0 Å². The Kier molecular flexibility index (Phi) is 7.24. The molecule has 0 aliphatic carbocycles. The Morgan fingerprint density at radius 3 is 1.75 bits per heavy atom. The third-order valence-electron chi connectivity index (χ3n) is 10.9. The Bertz CT molecular complexity index is 3530. The van der Waals surface area contributed by atoms with Gasteiger partial charge >= 0.3 is 0 Å². The second-order valence-electron chi connectivity index (χ2n) is 14.3. The van der Waals surface area contributed by atoms with E-state index in [1.54, 1.807) is 22.7 Å². The minimum atomic E-state index is 0.653. The van der Waals surface area contributed by atoms with Crippen LogP contribution in [-0.2, 0) is 0 Å². The maximum atomic E-state index is 6.54. The Morgan fingerprint density at radius 2 is 0.930 bits per heavy atom. The molecule has 0 bridgehead atoms. The largest absolute Gasteiger partial charge is 0.455 e. The first-order valence-corrected chi connectivity index (χ1v) is 20.6. The zero-order valence-corrected chi connectivity index (χ0v) is 31.9. The van der Waals surface area contributed by atoms with Gasteiger partial charge in [-0.1, -0.05) is 133 Å². The average Bonchev–Trinajstić information content (AvgIpc) is 3.98. The molecule has 0 aliphatic rings. The first-order valence-electron chi connectivity index (χ1n) is 18.9. The maximum absolute atomic E-state index is 6.54. The molecule has 0 unspecified atom stereocenters. The highest BCUT2D eigenvalue weighted by Gasteiger charge is 2.21. The summed E-state index contributed by atoms with van der Waals surface area (Å²) in [6.45, 7) is 0. The summed E-state index contributed by atoms with van der Waals surface area (Å²) < 4.78 is 11.4. The van der Waals surface area contributed by atoms with E-state index in [2.05, 4.69) is 152 Å². The molecule has 6 heteroatoms. The number of nitrogens with zero attached hydrogens (tertiary/aromatic N) is 3. The number of hydrogen-bond acceptors (Lipinski definition) is 6. The fourth-order valence-corrected chi connectivity index (χ4v) is 10.7. The standard InChI is InChI=1S/C51H29N3OS2/c1-3-14-30(15-4-1)39-28-32(29-40-34-18-7-9-24-41(34)55-47(39)40)33-20-12-27-44-45(33)36-21-11-23-38(48(36)57-44)51-53-49(31-16-5-2-6-17-31)52-50(54-51)37-22-13-26-43-46(37)35-19-8-10-25-42(35)56-43/h1-29H. The van der Waals surface area contributed by atoms with E-state index in [1.165, 1.54) is 41.2 Å². The molecular weight excluding hydrogens is 735 g/mol. The molecule has 0 radical (unpaired) electrons. The number of aromatic nitrogens is 3. The zero-order chi connectivity index (χ0) is 37.5. The molecule has 4 aromatic heterocycles. The third-order valence-corrected chi connectivity index (χ3v) is 13.3. The summed E-state index contributed by atoms with van der Waals surface area (Å²) in [6.07, 6.45) is 0. The molecule has 12 rings (SSSR count). The summed E-state index contributed by atoms with van der Waals surface area (Å²) in [5, 5.41) is 7.01. The molecular formula is C51H29N3OS2. The highest BCUT2D eigenvalue weighted by Crippen LogP contribution is 2.47. The summed E-state index contributed by atoms with van der Waals surface area (Å²) in [4.78, 5) is 15.7. The molecule has 12 aromatic rings. The summed E-state index contributed by atoms with van der Waals surface area (Å²) in [5.41, 5.74) is 9.27. The van der Waals surface area contributed by atoms with Gasteiger partial charge in [0.15, 0.2) is 17.5 Å². The Labute approximate surface area is 335 Å². The van der Waals surface area contributed by atoms with E-state index in [9.17, 15) is 0 Å². The summed E-state index contributed by atoms with van der Waals surface area (Å²) in [6, 6.07) is 61.9. The Morgan fingerprint density at radius 1 is 0.351 bits per heavy atom. The maximum Gasteiger partial charge on any atom is 0.165 e. The highest BCUT2D eigenvalue weighted by atomic mass is 32.1. The van der Waals surface area contributed by atoms with Gasteiger partial charge in [-0.05, 0) is 59.2 Å². The van der Waals surface area contributed by atoms with E-state index < -0.39 is 0 Å². The van der Waals surface area contributed by atoms with Crippen LogP contribution in [0.1, 0.15) is 0 Å². The van der Waals surface area contributed by atoms with E-state index in [0.717, 1.165) is 60.0 Å². The molecule has 4 nitrogen and oxygen atoms in total. The molecule has 8 aromatic carbocycles. The number of rotatable bonds is 5. The van der Waals surface area contributed by atoms with E-state index in [1.807, 2.05) is 24.3 Å². The van der Waals surface area contributed by atoms with Crippen molar-refractivity contribution in [3.05, 3.63) is 176 Å². The van der Waals surface area contributed by atoms with E-state index in [4.69, 9.17) is 19.4 Å². The van der Waals surface area contributed by atoms with E-state index in [-0.39, 0.29) is 0 Å². The summed E-state index contributed by atoms with van der Waals surface area (Å²) in [5.74, 6) is 1.98. The predicted molar refractivity (Wildman–Crippen MR) is 240 cm³/mol. The van der Waals surface area contributed by atoms with Gasteiger partial charge in [-0.3, -0.25) is 0 Å². The molecule has 4 heterocycles. The second-order valence-corrected chi connectivity index (χ2v) is 16.4. The predicted octanol–water partition coefficient (Wildman–Crippen LogP) is 14.8. The molecule has 0 aliphatic heterocycles. The lowest BCUT2D eigenvalue weighted by atomic mass is 9.93.